The maximum atomic E-state index is 10.9. The van der Waals surface area contributed by atoms with Crippen LogP contribution in [0.4, 0.5) is 0 Å². The molecule has 0 bridgehead atoms. The minimum atomic E-state index is -1.37. The highest BCUT2D eigenvalue weighted by Crippen LogP contribution is 2.21. The number of hydrogen-bond donors (Lipinski definition) is 4. The normalized spacial score (nSPS) is 39.4. The summed E-state index contributed by atoms with van der Waals surface area (Å²) in [6, 6.07) is -0.967. The lowest BCUT2D eigenvalue weighted by Crippen LogP contribution is -2.64. The van der Waals surface area contributed by atoms with Gasteiger partial charge in [-0.1, -0.05) is 0 Å². The number of rotatable bonds is 3. The van der Waals surface area contributed by atoms with Gasteiger partial charge >= 0.3 is 0 Å². The van der Waals surface area contributed by atoms with Crippen molar-refractivity contribution in [3.8, 4) is 0 Å². The summed E-state index contributed by atoms with van der Waals surface area (Å²) in [5.74, 6) is -0.399. The predicted molar refractivity (Wildman–Crippen MR) is 52.4 cm³/mol. The maximum Gasteiger partial charge on any atom is 0.217 e. The fourth-order valence-corrected chi connectivity index (χ4v) is 1.76. The first-order chi connectivity index (χ1) is 7.51. The summed E-state index contributed by atoms with van der Waals surface area (Å²) in [6.45, 7) is 0.874. The second-order valence-corrected chi connectivity index (χ2v) is 3.66. The number of aliphatic hydroxyl groups excluding tert-OH is 3. The Kier molecular flexibility index (Phi) is 4.63. The van der Waals surface area contributed by atoms with Crippen LogP contribution in [-0.2, 0) is 14.3 Å². The van der Waals surface area contributed by atoms with Crippen LogP contribution in [0.25, 0.3) is 0 Å². The Morgan fingerprint density at radius 3 is 2.56 bits per heavy atom. The highest BCUT2D eigenvalue weighted by molar-refractivity contribution is 5.73. The van der Waals surface area contributed by atoms with Gasteiger partial charge in [0.1, 0.15) is 24.4 Å². The molecule has 4 N–H and O–H groups in total. The van der Waals surface area contributed by atoms with Crippen LogP contribution in [0.3, 0.4) is 0 Å². The van der Waals surface area contributed by atoms with Crippen molar-refractivity contribution in [3.05, 3.63) is 0 Å². The lowest BCUT2D eigenvalue weighted by molar-refractivity contribution is -0.258. The quantitative estimate of drug-likeness (QED) is 0.433. The third-order valence-corrected chi connectivity index (χ3v) is 2.51. The molecule has 7 heteroatoms. The number of carbonyl (C=O) groups excluding carboxylic acids is 1. The molecular weight excluding hydrogens is 218 g/mol. The van der Waals surface area contributed by atoms with Crippen LogP contribution in [0, 0.1) is 0 Å². The van der Waals surface area contributed by atoms with E-state index in [1.807, 2.05) is 0 Å². The standard InChI is InChI=1S/C9H17NO6/c1-4(12)10-6-7(13)8(15-2)5(3-11)16-9(6)14/h5-9,11,13-14H,3H2,1-2H3,(H,10,12)/t5?,6-,7?,8+,9+/m0/s1. The molecule has 1 saturated heterocycles. The fraction of sp³-hybridized carbons (Fsp3) is 0.889. The summed E-state index contributed by atoms with van der Waals surface area (Å²) in [7, 11) is 1.35. The van der Waals surface area contributed by atoms with Gasteiger partial charge in [0.2, 0.25) is 5.91 Å². The van der Waals surface area contributed by atoms with Crippen LogP contribution in [0.1, 0.15) is 6.92 Å². The van der Waals surface area contributed by atoms with Gasteiger partial charge in [-0.2, -0.15) is 0 Å². The molecule has 1 fully saturated rings. The van der Waals surface area contributed by atoms with Crippen molar-refractivity contribution in [1.29, 1.82) is 0 Å². The molecular formula is C9H17NO6. The molecule has 1 rings (SSSR count). The van der Waals surface area contributed by atoms with Gasteiger partial charge in [0.25, 0.3) is 0 Å². The zero-order valence-corrected chi connectivity index (χ0v) is 9.16. The summed E-state index contributed by atoms with van der Waals surface area (Å²) in [6.07, 6.45) is -4.14. The van der Waals surface area contributed by atoms with Crippen LogP contribution >= 0.6 is 0 Å². The fourth-order valence-electron chi connectivity index (χ4n) is 1.76. The van der Waals surface area contributed by atoms with E-state index in [4.69, 9.17) is 14.6 Å². The summed E-state index contributed by atoms with van der Waals surface area (Å²) in [4.78, 5) is 10.9. The molecule has 1 heterocycles. The van der Waals surface area contributed by atoms with Crippen LogP contribution in [0.2, 0.25) is 0 Å². The number of carbonyl (C=O) groups is 1. The average Bonchev–Trinajstić information content (AvgIpc) is 2.23. The summed E-state index contributed by atoms with van der Waals surface area (Å²) >= 11 is 0. The number of methoxy groups -OCH3 is 1. The van der Waals surface area contributed by atoms with Gasteiger partial charge in [0.05, 0.1) is 6.61 Å². The Morgan fingerprint density at radius 1 is 1.50 bits per heavy atom. The molecule has 7 nitrogen and oxygen atoms in total. The largest absolute Gasteiger partial charge is 0.394 e. The molecule has 1 aliphatic rings. The minimum Gasteiger partial charge on any atom is -0.394 e. The molecule has 1 amide bonds. The van der Waals surface area contributed by atoms with E-state index in [9.17, 15) is 15.0 Å². The monoisotopic (exact) mass is 235 g/mol. The molecule has 1 aliphatic heterocycles. The molecule has 0 aliphatic carbocycles. The van der Waals surface area contributed by atoms with Crippen LogP contribution in [0.5, 0.6) is 0 Å². The van der Waals surface area contributed by atoms with Crippen LogP contribution in [0.15, 0.2) is 0 Å². The molecule has 0 saturated carbocycles. The minimum absolute atomic E-state index is 0.389. The third kappa shape index (κ3) is 2.69. The highest BCUT2D eigenvalue weighted by atomic mass is 16.6. The van der Waals surface area contributed by atoms with E-state index < -0.39 is 36.6 Å². The highest BCUT2D eigenvalue weighted by Gasteiger charge is 2.44. The van der Waals surface area contributed by atoms with Gasteiger partial charge < -0.3 is 30.1 Å². The number of hydrogen-bond acceptors (Lipinski definition) is 6. The number of ether oxygens (including phenoxy) is 2. The van der Waals surface area contributed by atoms with E-state index in [0.29, 0.717) is 0 Å². The Bertz CT molecular complexity index is 248. The Labute approximate surface area is 93.0 Å². The van der Waals surface area contributed by atoms with Crippen molar-refractivity contribution in [2.45, 2.75) is 37.6 Å². The molecule has 0 aromatic rings. The first kappa shape index (κ1) is 13.3. The van der Waals surface area contributed by atoms with E-state index in [-0.39, 0.29) is 6.61 Å². The molecule has 94 valence electrons. The predicted octanol–water partition coefficient (Wildman–Crippen LogP) is -2.42. The van der Waals surface area contributed by atoms with E-state index in [1.165, 1.54) is 14.0 Å². The molecule has 16 heavy (non-hydrogen) atoms. The molecule has 5 atom stereocenters. The first-order valence-corrected chi connectivity index (χ1v) is 4.93. The maximum absolute atomic E-state index is 10.9. The smallest absolute Gasteiger partial charge is 0.217 e. The Morgan fingerprint density at radius 2 is 2.12 bits per heavy atom. The van der Waals surface area contributed by atoms with E-state index in [1.54, 1.807) is 0 Å². The van der Waals surface area contributed by atoms with Crippen LogP contribution < -0.4 is 5.32 Å². The topological polar surface area (TPSA) is 108 Å². The number of aliphatic hydroxyl groups is 3. The second-order valence-electron chi connectivity index (χ2n) is 3.66. The number of amides is 1. The zero-order chi connectivity index (χ0) is 12.3. The lowest BCUT2D eigenvalue weighted by atomic mass is 9.97. The van der Waals surface area contributed by atoms with Crippen LogP contribution in [-0.4, -0.2) is 65.6 Å². The lowest BCUT2D eigenvalue weighted by Gasteiger charge is -2.41. The molecule has 0 radical (unpaired) electrons. The Balaban J connectivity index is 2.76. The van der Waals surface area contributed by atoms with Crippen molar-refractivity contribution in [1.82, 2.24) is 5.32 Å². The third-order valence-electron chi connectivity index (χ3n) is 2.51. The number of nitrogens with one attached hydrogen (secondary N) is 1. The van der Waals surface area contributed by atoms with Gasteiger partial charge in [-0.3, -0.25) is 4.79 Å². The SMILES string of the molecule is CO[C@@H]1C(CO)O[C@@H](O)[C@@H](NC(C)=O)C1O. The van der Waals surface area contributed by atoms with Gasteiger partial charge in [-0.25, -0.2) is 0 Å². The summed E-state index contributed by atoms with van der Waals surface area (Å²) < 4.78 is 10.00. The average molecular weight is 235 g/mol. The van der Waals surface area contributed by atoms with Crippen molar-refractivity contribution in [3.63, 3.8) is 0 Å². The van der Waals surface area contributed by atoms with E-state index >= 15 is 0 Å². The van der Waals surface area contributed by atoms with Gasteiger partial charge in [-0.15, -0.1) is 0 Å². The Hall–Kier alpha value is -0.730. The van der Waals surface area contributed by atoms with Crippen molar-refractivity contribution < 1.29 is 29.6 Å². The molecule has 0 spiro atoms. The molecule has 0 aromatic heterocycles. The van der Waals surface area contributed by atoms with E-state index in [0.717, 1.165) is 0 Å². The first-order valence-electron chi connectivity index (χ1n) is 4.93. The summed E-state index contributed by atoms with van der Waals surface area (Å²) in [5.41, 5.74) is 0. The summed E-state index contributed by atoms with van der Waals surface area (Å²) in [5, 5.41) is 30.7. The molecule has 0 aromatic carbocycles. The molecule has 2 unspecified atom stereocenters. The van der Waals surface area contributed by atoms with Crippen molar-refractivity contribution in [2.24, 2.45) is 0 Å². The van der Waals surface area contributed by atoms with Crippen molar-refractivity contribution >= 4 is 5.91 Å². The van der Waals surface area contributed by atoms with Crippen molar-refractivity contribution in [2.75, 3.05) is 13.7 Å². The zero-order valence-electron chi connectivity index (χ0n) is 9.16. The van der Waals surface area contributed by atoms with Gasteiger partial charge in [0.15, 0.2) is 6.29 Å². The second kappa shape index (κ2) is 5.55. The van der Waals surface area contributed by atoms with Gasteiger partial charge in [0, 0.05) is 14.0 Å². The van der Waals surface area contributed by atoms with Gasteiger partial charge in [-0.05, 0) is 0 Å². The van der Waals surface area contributed by atoms with E-state index in [2.05, 4.69) is 5.32 Å².